The molecule has 4 nitrogen and oxygen atoms in total. The minimum atomic E-state index is -1.11. The number of benzene rings is 1. The molecule has 1 heterocycles. The number of carbonyl (C=O) groups is 1. The number of hydrogen-bond acceptors (Lipinski definition) is 3. The van der Waals surface area contributed by atoms with Crippen LogP contribution in [0.1, 0.15) is 29.8 Å². The van der Waals surface area contributed by atoms with Crippen LogP contribution in [-0.2, 0) is 11.3 Å². The lowest BCUT2D eigenvalue weighted by Gasteiger charge is -2.38. The van der Waals surface area contributed by atoms with Gasteiger partial charge in [-0.25, -0.2) is 9.18 Å². The van der Waals surface area contributed by atoms with Crippen molar-refractivity contribution in [2.75, 3.05) is 19.7 Å². The smallest absolute Gasteiger partial charge is 0.335 e. The molecule has 0 atom stereocenters. The summed E-state index contributed by atoms with van der Waals surface area (Å²) in [6.07, 6.45) is 0. The third-order valence-electron chi connectivity index (χ3n) is 3.20. The van der Waals surface area contributed by atoms with E-state index in [9.17, 15) is 9.18 Å². The Morgan fingerprint density at radius 2 is 2.26 bits per heavy atom. The second kappa shape index (κ2) is 5.27. The van der Waals surface area contributed by atoms with Crippen LogP contribution < -0.4 is 0 Å². The predicted octanol–water partition coefficient (Wildman–Crippen LogP) is 2.13. The number of rotatable bonds is 3. The monoisotopic (exact) mass is 267 g/mol. The Labute approximate surface area is 111 Å². The highest BCUT2D eigenvalue weighted by Crippen LogP contribution is 2.20. The fourth-order valence-electron chi connectivity index (χ4n) is 2.30. The Morgan fingerprint density at radius 3 is 2.84 bits per heavy atom. The van der Waals surface area contributed by atoms with E-state index < -0.39 is 11.8 Å². The van der Waals surface area contributed by atoms with E-state index in [1.165, 1.54) is 6.07 Å². The number of carboxylic acid groups (broad SMARTS) is 1. The molecule has 1 aromatic carbocycles. The third-order valence-corrected chi connectivity index (χ3v) is 3.20. The normalized spacial score (nSPS) is 19.3. The zero-order valence-electron chi connectivity index (χ0n) is 11.1. The highest BCUT2D eigenvalue weighted by atomic mass is 19.1. The first-order chi connectivity index (χ1) is 8.87. The molecule has 0 saturated carbocycles. The number of halogens is 1. The number of morpholine rings is 1. The van der Waals surface area contributed by atoms with Gasteiger partial charge in [-0.1, -0.05) is 6.07 Å². The molecule has 0 unspecified atom stereocenters. The Hall–Kier alpha value is -1.46. The first-order valence-corrected chi connectivity index (χ1v) is 6.25. The molecular weight excluding hydrogens is 249 g/mol. The molecule has 1 aliphatic heterocycles. The molecule has 1 aromatic rings. The number of hydrogen-bond donors (Lipinski definition) is 1. The van der Waals surface area contributed by atoms with Crippen LogP contribution in [0.2, 0.25) is 0 Å². The van der Waals surface area contributed by atoms with Crippen molar-refractivity contribution in [1.29, 1.82) is 0 Å². The van der Waals surface area contributed by atoms with Crippen LogP contribution in [0.5, 0.6) is 0 Å². The summed E-state index contributed by atoms with van der Waals surface area (Å²) in [6.45, 7) is 6.59. The van der Waals surface area contributed by atoms with Gasteiger partial charge in [0.1, 0.15) is 5.82 Å². The molecule has 104 valence electrons. The summed E-state index contributed by atoms with van der Waals surface area (Å²) >= 11 is 0. The second-order valence-corrected chi connectivity index (χ2v) is 5.43. The number of nitrogens with zero attached hydrogens (tertiary/aromatic N) is 1. The van der Waals surface area contributed by atoms with Crippen LogP contribution in [0.25, 0.3) is 0 Å². The average molecular weight is 267 g/mol. The van der Waals surface area contributed by atoms with Crippen LogP contribution >= 0.6 is 0 Å². The minimum Gasteiger partial charge on any atom is -0.478 e. The van der Waals surface area contributed by atoms with E-state index in [0.29, 0.717) is 18.7 Å². The van der Waals surface area contributed by atoms with Crippen molar-refractivity contribution < 1.29 is 19.0 Å². The molecule has 1 saturated heterocycles. The quantitative estimate of drug-likeness (QED) is 0.911. The molecule has 0 bridgehead atoms. The van der Waals surface area contributed by atoms with E-state index in [1.54, 1.807) is 6.07 Å². The van der Waals surface area contributed by atoms with Gasteiger partial charge in [-0.3, -0.25) is 4.90 Å². The SMILES string of the molecule is CC1(C)CN(Cc2ccc(C(=O)O)cc2F)CCO1. The van der Waals surface area contributed by atoms with Crippen molar-refractivity contribution in [3.8, 4) is 0 Å². The lowest BCUT2D eigenvalue weighted by molar-refractivity contribution is -0.0884. The van der Waals surface area contributed by atoms with Gasteiger partial charge in [-0.05, 0) is 26.0 Å². The Balaban J connectivity index is 2.09. The molecule has 19 heavy (non-hydrogen) atoms. The lowest BCUT2D eigenvalue weighted by Crippen LogP contribution is -2.47. The van der Waals surface area contributed by atoms with Crippen LogP contribution in [0.4, 0.5) is 4.39 Å². The minimum absolute atomic E-state index is 0.0245. The van der Waals surface area contributed by atoms with Crippen molar-refractivity contribution in [3.05, 3.63) is 35.1 Å². The summed E-state index contributed by atoms with van der Waals surface area (Å²) in [5.41, 5.74) is 0.265. The van der Waals surface area contributed by atoms with Crippen molar-refractivity contribution in [1.82, 2.24) is 4.90 Å². The molecular formula is C14H18FNO3. The Bertz CT molecular complexity index is 488. The van der Waals surface area contributed by atoms with Gasteiger partial charge in [0.25, 0.3) is 0 Å². The fraction of sp³-hybridized carbons (Fsp3) is 0.500. The summed E-state index contributed by atoms with van der Waals surface area (Å²) in [4.78, 5) is 12.9. The molecule has 0 spiro atoms. The average Bonchev–Trinajstić information content (AvgIpc) is 2.30. The molecule has 0 aromatic heterocycles. The Morgan fingerprint density at radius 1 is 1.53 bits per heavy atom. The van der Waals surface area contributed by atoms with Gasteiger partial charge in [0.2, 0.25) is 0 Å². The molecule has 0 aliphatic carbocycles. The van der Waals surface area contributed by atoms with Crippen molar-refractivity contribution in [2.45, 2.75) is 26.0 Å². The molecule has 5 heteroatoms. The first kappa shape index (κ1) is 14.0. The van der Waals surface area contributed by atoms with Gasteiger partial charge in [0.05, 0.1) is 17.8 Å². The highest BCUT2D eigenvalue weighted by molar-refractivity contribution is 5.87. The van der Waals surface area contributed by atoms with E-state index in [-0.39, 0.29) is 11.2 Å². The third kappa shape index (κ3) is 3.52. The topological polar surface area (TPSA) is 49.8 Å². The predicted molar refractivity (Wildman–Crippen MR) is 68.7 cm³/mol. The zero-order valence-corrected chi connectivity index (χ0v) is 11.1. The van der Waals surface area contributed by atoms with Gasteiger partial charge in [0, 0.05) is 25.2 Å². The van der Waals surface area contributed by atoms with E-state index >= 15 is 0 Å². The van der Waals surface area contributed by atoms with E-state index in [1.807, 2.05) is 13.8 Å². The molecule has 1 aliphatic rings. The number of aromatic carboxylic acids is 1. The molecule has 1 N–H and O–H groups in total. The maximum Gasteiger partial charge on any atom is 0.335 e. The Kier molecular flexibility index (Phi) is 3.87. The summed E-state index contributed by atoms with van der Waals surface area (Å²) in [7, 11) is 0. The maximum atomic E-state index is 13.8. The zero-order chi connectivity index (χ0) is 14.0. The summed E-state index contributed by atoms with van der Waals surface area (Å²) in [6, 6.07) is 4.05. The van der Waals surface area contributed by atoms with Gasteiger partial charge in [-0.2, -0.15) is 0 Å². The van der Waals surface area contributed by atoms with E-state index in [2.05, 4.69) is 4.90 Å². The molecule has 1 fully saturated rings. The van der Waals surface area contributed by atoms with Crippen LogP contribution in [0.15, 0.2) is 18.2 Å². The van der Waals surface area contributed by atoms with Crippen molar-refractivity contribution >= 4 is 5.97 Å². The summed E-state index contributed by atoms with van der Waals surface area (Å²) in [5.74, 6) is -1.58. The number of ether oxygens (including phenoxy) is 1. The standard InChI is InChI=1S/C14H18FNO3/c1-14(2)9-16(5-6-19-14)8-11-4-3-10(13(17)18)7-12(11)15/h3-4,7H,5-6,8-9H2,1-2H3,(H,17,18). The fourth-order valence-corrected chi connectivity index (χ4v) is 2.30. The van der Waals surface area contributed by atoms with Gasteiger partial charge < -0.3 is 9.84 Å². The highest BCUT2D eigenvalue weighted by Gasteiger charge is 2.27. The molecule has 2 rings (SSSR count). The first-order valence-electron chi connectivity index (χ1n) is 6.25. The van der Waals surface area contributed by atoms with Crippen molar-refractivity contribution in [2.24, 2.45) is 0 Å². The van der Waals surface area contributed by atoms with Crippen LogP contribution in [0.3, 0.4) is 0 Å². The van der Waals surface area contributed by atoms with E-state index in [0.717, 1.165) is 19.2 Å². The number of carboxylic acids is 1. The van der Waals surface area contributed by atoms with Gasteiger partial charge in [0.15, 0.2) is 0 Å². The second-order valence-electron chi connectivity index (χ2n) is 5.43. The van der Waals surface area contributed by atoms with Crippen molar-refractivity contribution in [3.63, 3.8) is 0 Å². The largest absolute Gasteiger partial charge is 0.478 e. The maximum absolute atomic E-state index is 13.8. The lowest BCUT2D eigenvalue weighted by atomic mass is 10.1. The van der Waals surface area contributed by atoms with Crippen LogP contribution in [-0.4, -0.2) is 41.3 Å². The summed E-state index contributed by atoms with van der Waals surface area (Å²) < 4.78 is 19.4. The van der Waals surface area contributed by atoms with Gasteiger partial charge in [-0.15, -0.1) is 0 Å². The molecule has 0 amide bonds. The van der Waals surface area contributed by atoms with Gasteiger partial charge >= 0.3 is 5.97 Å². The van der Waals surface area contributed by atoms with Crippen LogP contribution in [0, 0.1) is 5.82 Å². The molecule has 0 radical (unpaired) electrons. The summed E-state index contributed by atoms with van der Waals surface area (Å²) in [5, 5.41) is 8.80. The van der Waals surface area contributed by atoms with E-state index in [4.69, 9.17) is 9.84 Å².